The smallest absolute Gasteiger partial charge is 0.237 e. The van der Waals surface area contributed by atoms with Gasteiger partial charge in [0.15, 0.2) is 11.0 Å². The topological polar surface area (TPSA) is 56.7 Å². The Morgan fingerprint density at radius 1 is 1.12 bits per heavy atom. The van der Waals surface area contributed by atoms with Gasteiger partial charge in [-0.3, -0.25) is 4.57 Å². The second-order valence-corrected chi connectivity index (χ2v) is 6.85. The molecule has 5 nitrogen and oxygen atoms in total. The highest BCUT2D eigenvalue weighted by Gasteiger charge is 2.21. The van der Waals surface area contributed by atoms with Crippen LogP contribution in [-0.2, 0) is 25.0 Å². The Morgan fingerprint density at radius 3 is 2.75 bits per heavy atom. The van der Waals surface area contributed by atoms with Gasteiger partial charge in [-0.05, 0) is 37.8 Å². The monoisotopic (exact) mass is 340 g/mol. The van der Waals surface area contributed by atoms with Gasteiger partial charge in [-0.25, -0.2) is 4.98 Å². The van der Waals surface area contributed by atoms with Crippen molar-refractivity contribution in [1.29, 1.82) is 0 Å². The summed E-state index contributed by atoms with van der Waals surface area (Å²) < 4.78 is 7.61. The number of imidazole rings is 1. The minimum Gasteiger partial charge on any atom is -0.338 e. The molecule has 0 saturated carbocycles. The van der Waals surface area contributed by atoms with Crippen LogP contribution >= 0.6 is 11.8 Å². The largest absolute Gasteiger partial charge is 0.338 e. The molecule has 1 aromatic carbocycles. The van der Waals surface area contributed by atoms with Crippen molar-refractivity contribution in [2.24, 2.45) is 0 Å². The average molecular weight is 340 g/mol. The van der Waals surface area contributed by atoms with Crippen LogP contribution in [0.4, 0.5) is 0 Å². The first-order valence-corrected chi connectivity index (χ1v) is 9.44. The minimum absolute atomic E-state index is 0.649. The zero-order valence-corrected chi connectivity index (χ0v) is 14.6. The van der Waals surface area contributed by atoms with Gasteiger partial charge in [0, 0.05) is 17.8 Å². The fourth-order valence-corrected chi connectivity index (χ4v) is 3.96. The first-order valence-electron chi connectivity index (χ1n) is 8.45. The van der Waals surface area contributed by atoms with Gasteiger partial charge in [0.1, 0.15) is 0 Å². The Bertz CT molecular complexity index is 825. The predicted octanol–water partition coefficient (Wildman–Crippen LogP) is 3.99. The third-order valence-electron chi connectivity index (χ3n) is 4.27. The lowest BCUT2D eigenvalue weighted by atomic mass is 10.0. The molecule has 2 aromatic heterocycles. The van der Waals surface area contributed by atoms with Crippen LogP contribution in [0.25, 0.3) is 5.69 Å². The number of aromatic nitrogens is 4. The molecule has 4 rings (SSSR count). The van der Waals surface area contributed by atoms with Gasteiger partial charge < -0.3 is 4.52 Å². The molecule has 0 bridgehead atoms. The number of hydrogen-bond acceptors (Lipinski definition) is 5. The van der Waals surface area contributed by atoms with E-state index in [-0.39, 0.29) is 0 Å². The summed E-state index contributed by atoms with van der Waals surface area (Å²) in [6, 6.07) is 10.5. The fraction of sp³-hybridized carbons (Fsp3) is 0.389. The molecular weight excluding hydrogens is 320 g/mol. The molecule has 124 valence electrons. The van der Waals surface area contributed by atoms with Crippen LogP contribution in [-0.4, -0.2) is 19.7 Å². The van der Waals surface area contributed by atoms with Gasteiger partial charge in [-0.15, -0.1) is 0 Å². The molecule has 0 amide bonds. The van der Waals surface area contributed by atoms with Crippen LogP contribution in [0.2, 0.25) is 0 Å². The van der Waals surface area contributed by atoms with Crippen molar-refractivity contribution in [2.75, 3.05) is 0 Å². The molecule has 24 heavy (non-hydrogen) atoms. The number of aryl methyl sites for hydroxylation is 2. The molecule has 6 heteroatoms. The van der Waals surface area contributed by atoms with E-state index < -0.39 is 0 Å². The summed E-state index contributed by atoms with van der Waals surface area (Å²) in [6.07, 6.45) is 5.42. The maximum Gasteiger partial charge on any atom is 0.237 e. The molecular formula is C18H20N4OS. The predicted molar refractivity (Wildman–Crippen MR) is 93.4 cm³/mol. The summed E-state index contributed by atoms with van der Waals surface area (Å²) >= 11 is 1.67. The van der Waals surface area contributed by atoms with Crippen molar-refractivity contribution in [3.05, 3.63) is 53.4 Å². The van der Waals surface area contributed by atoms with E-state index in [9.17, 15) is 0 Å². The zero-order chi connectivity index (χ0) is 16.4. The molecule has 0 aliphatic heterocycles. The van der Waals surface area contributed by atoms with Gasteiger partial charge >= 0.3 is 0 Å². The number of benzene rings is 1. The number of para-hydroxylation sites is 1. The lowest BCUT2D eigenvalue weighted by Gasteiger charge is -2.15. The molecule has 0 spiro atoms. The van der Waals surface area contributed by atoms with Crippen molar-refractivity contribution in [2.45, 2.75) is 49.9 Å². The fourth-order valence-electron chi connectivity index (χ4n) is 3.07. The molecule has 0 radical (unpaired) electrons. The number of hydrogen-bond donors (Lipinski definition) is 0. The van der Waals surface area contributed by atoms with E-state index >= 15 is 0 Å². The van der Waals surface area contributed by atoms with Crippen LogP contribution in [0.15, 0.2) is 40.0 Å². The molecule has 3 aromatic rings. The van der Waals surface area contributed by atoms with Crippen LogP contribution < -0.4 is 0 Å². The molecule has 0 saturated heterocycles. The second kappa shape index (κ2) is 6.81. The number of rotatable bonds is 5. The van der Waals surface area contributed by atoms with E-state index in [1.807, 2.05) is 13.0 Å². The minimum atomic E-state index is 0.649. The molecule has 0 fully saturated rings. The van der Waals surface area contributed by atoms with Crippen molar-refractivity contribution in [1.82, 2.24) is 19.7 Å². The van der Waals surface area contributed by atoms with E-state index in [0.717, 1.165) is 30.2 Å². The normalized spacial score (nSPS) is 13.9. The van der Waals surface area contributed by atoms with Crippen LogP contribution in [0.1, 0.15) is 42.9 Å². The summed E-state index contributed by atoms with van der Waals surface area (Å²) in [7, 11) is 0. The summed E-state index contributed by atoms with van der Waals surface area (Å²) in [6.45, 7) is 2.03. The average Bonchev–Trinajstić information content (AvgIpc) is 3.24. The zero-order valence-electron chi connectivity index (χ0n) is 13.7. The lowest BCUT2D eigenvalue weighted by molar-refractivity contribution is 0.385. The van der Waals surface area contributed by atoms with E-state index in [1.54, 1.807) is 11.8 Å². The number of nitrogens with zero attached hydrogens (tertiary/aromatic N) is 4. The van der Waals surface area contributed by atoms with Gasteiger partial charge in [0.2, 0.25) is 5.89 Å². The number of fused-ring (bicyclic) bond motifs is 1. The standard InChI is InChI=1S/C18H20N4OS/c1-2-16-20-17(23-21-16)12-24-18-19-14-10-6-7-11-15(14)22(18)13-8-4-3-5-9-13/h3-5,8-9H,2,6-7,10-12H2,1H3. The lowest BCUT2D eigenvalue weighted by Crippen LogP contribution is -2.07. The van der Waals surface area contributed by atoms with Gasteiger partial charge in [0.25, 0.3) is 0 Å². The highest BCUT2D eigenvalue weighted by atomic mass is 32.2. The van der Waals surface area contributed by atoms with Crippen molar-refractivity contribution in [3.8, 4) is 5.69 Å². The highest BCUT2D eigenvalue weighted by molar-refractivity contribution is 7.98. The van der Waals surface area contributed by atoms with Crippen molar-refractivity contribution in [3.63, 3.8) is 0 Å². The third-order valence-corrected chi connectivity index (χ3v) is 5.19. The maximum absolute atomic E-state index is 5.31. The summed E-state index contributed by atoms with van der Waals surface area (Å²) in [5, 5.41) is 4.98. The van der Waals surface area contributed by atoms with E-state index in [2.05, 4.69) is 39.0 Å². The van der Waals surface area contributed by atoms with E-state index in [0.29, 0.717) is 11.6 Å². The first kappa shape index (κ1) is 15.4. The van der Waals surface area contributed by atoms with E-state index in [1.165, 1.54) is 29.9 Å². The SMILES string of the molecule is CCc1noc(CSc2nc3c(n2-c2ccccc2)CCCC3)n1. The van der Waals surface area contributed by atoms with Crippen molar-refractivity contribution >= 4 is 11.8 Å². The summed E-state index contributed by atoms with van der Waals surface area (Å²) in [5.74, 6) is 2.07. The Labute approximate surface area is 145 Å². The molecule has 0 unspecified atom stereocenters. The van der Waals surface area contributed by atoms with Crippen LogP contribution in [0, 0.1) is 0 Å². The second-order valence-electron chi connectivity index (χ2n) is 5.91. The Balaban J connectivity index is 1.65. The Morgan fingerprint density at radius 2 is 1.96 bits per heavy atom. The third kappa shape index (κ3) is 2.98. The van der Waals surface area contributed by atoms with E-state index in [4.69, 9.17) is 9.51 Å². The molecule has 2 heterocycles. The summed E-state index contributed by atoms with van der Waals surface area (Å²) in [4.78, 5) is 9.30. The van der Waals surface area contributed by atoms with Gasteiger partial charge in [0.05, 0.1) is 11.4 Å². The quantitative estimate of drug-likeness (QED) is 0.657. The van der Waals surface area contributed by atoms with Crippen LogP contribution in [0.3, 0.4) is 0 Å². The molecule has 0 atom stereocenters. The Hall–Kier alpha value is -2.08. The summed E-state index contributed by atoms with van der Waals surface area (Å²) in [5.41, 5.74) is 3.78. The van der Waals surface area contributed by atoms with Crippen LogP contribution in [0.5, 0.6) is 0 Å². The molecule has 1 aliphatic rings. The first-order chi connectivity index (χ1) is 11.8. The van der Waals surface area contributed by atoms with Gasteiger partial charge in [-0.1, -0.05) is 42.0 Å². The number of thioether (sulfide) groups is 1. The highest BCUT2D eigenvalue weighted by Crippen LogP contribution is 2.31. The Kier molecular flexibility index (Phi) is 4.38. The molecule has 1 aliphatic carbocycles. The molecule has 0 N–H and O–H groups in total. The van der Waals surface area contributed by atoms with Gasteiger partial charge in [-0.2, -0.15) is 4.98 Å². The maximum atomic E-state index is 5.31. The van der Waals surface area contributed by atoms with Crippen molar-refractivity contribution < 1.29 is 4.52 Å².